The van der Waals surface area contributed by atoms with Crippen molar-refractivity contribution in [3.05, 3.63) is 28.2 Å². The zero-order chi connectivity index (χ0) is 16.5. The SMILES string of the molecule is CC(C)(O)C(C)(C)NCc1ccc(OC(F)(F)F)c(Br)c1. The highest BCUT2D eigenvalue weighted by atomic mass is 79.9. The Bertz CT molecular complexity index is 496. The van der Waals surface area contributed by atoms with E-state index in [1.807, 2.05) is 13.8 Å². The maximum Gasteiger partial charge on any atom is 0.573 e. The third-order valence-electron chi connectivity index (χ3n) is 3.49. The van der Waals surface area contributed by atoms with Crippen molar-refractivity contribution in [2.45, 2.75) is 51.7 Å². The molecule has 0 fully saturated rings. The quantitative estimate of drug-likeness (QED) is 0.824. The van der Waals surface area contributed by atoms with Gasteiger partial charge in [-0.1, -0.05) is 6.07 Å². The van der Waals surface area contributed by atoms with Gasteiger partial charge in [0.1, 0.15) is 5.75 Å². The first-order chi connectivity index (χ1) is 9.32. The van der Waals surface area contributed by atoms with Gasteiger partial charge in [-0.05, 0) is 61.3 Å². The van der Waals surface area contributed by atoms with E-state index in [-0.39, 0.29) is 10.2 Å². The first kappa shape index (κ1) is 18.3. The molecule has 3 nitrogen and oxygen atoms in total. The number of rotatable bonds is 5. The molecule has 0 aliphatic rings. The van der Waals surface area contributed by atoms with Crippen LogP contribution in [0.5, 0.6) is 5.75 Å². The van der Waals surface area contributed by atoms with Gasteiger partial charge in [-0.3, -0.25) is 0 Å². The van der Waals surface area contributed by atoms with E-state index in [1.165, 1.54) is 6.07 Å². The van der Waals surface area contributed by atoms with Crippen LogP contribution in [-0.2, 0) is 6.54 Å². The molecule has 0 unspecified atom stereocenters. The summed E-state index contributed by atoms with van der Waals surface area (Å²) in [5.74, 6) is -0.284. The lowest BCUT2D eigenvalue weighted by atomic mass is 9.86. The largest absolute Gasteiger partial charge is 0.573 e. The van der Waals surface area contributed by atoms with E-state index in [4.69, 9.17) is 0 Å². The fourth-order valence-electron chi connectivity index (χ4n) is 1.40. The van der Waals surface area contributed by atoms with Gasteiger partial charge in [0.05, 0.1) is 10.1 Å². The summed E-state index contributed by atoms with van der Waals surface area (Å²) in [6, 6.07) is 4.35. The molecule has 0 radical (unpaired) electrons. The molecule has 0 aromatic heterocycles. The van der Waals surface area contributed by atoms with Gasteiger partial charge in [-0.25, -0.2) is 0 Å². The molecule has 1 aromatic carbocycles. The maximum absolute atomic E-state index is 12.2. The van der Waals surface area contributed by atoms with E-state index in [0.717, 1.165) is 5.56 Å². The van der Waals surface area contributed by atoms with Crippen LogP contribution in [0.4, 0.5) is 13.2 Å². The zero-order valence-corrected chi connectivity index (χ0v) is 13.9. The van der Waals surface area contributed by atoms with Gasteiger partial charge in [0.25, 0.3) is 0 Å². The maximum atomic E-state index is 12.2. The van der Waals surface area contributed by atoms with Crippen molar-refractivity contribution in [1.29, 1.82) is 0 Å². The summed E-state index contributed by atoms with van der Waals surface area (Å²) in [7, 11) is 0. The van der Waals surface area contributed by atoms with Crippen LogP contribution in [0.15, 0.2) is 22.7 Å². The number of hydrogen-bond donors (Lipinski definition) is 2. The van der Waals surface area contributed by atoms with Gasteiger partial charge in [0.15, 0.2) is 0 Å². The Morgan fingerprint density at radius 1 is 1.19 bits per heavy atom. The minimum atomic E-state index is -4.72. The smallest absolute Gasteiger partial charge is 0.405 e. The molecule has 0 spiro atoms. The summed E-state index contributed by atoms with van der Waals surface area (Å²) >= 11 is 3.06. The highest BCUT2D eigenvalue weighted by Crippen LogP contribution is 2.31. The molecule has 2 N–H and O–H groups in total. The molecule has 0 heterocycles. The van der Waals surface area contributed by atoms with E-state index in [2.05, 4.69) is 26.0 Å². The molecule has 0 saturated carbocycles. The monoisotopic (exact) mass is 369 g/mol. The van der Waals surface area contributed by atoms with E-state index in [9.17, 15) is 18.3 Å². The number of benzene rings is 1. The van der Waals surface area contributed by atoms with E-state index < -0.39 is 17.5 Å². The predicted octanol–water partition coefficient (Wildman–Crippen LogP) is 3.99. The van der Waals surface area contributed by atoms with Crippen molar-refractivity contribution >= 4 is 15.9 Å². The number of ether oxygens (including phenoxy) is 1. The van der Waals surface area contributed by atoms with Crippen LogP contribution in [0.3, 0.4) is 0 Å². The topological polar surface area (TPSA) is 41.5 Å². The highest BCUT2D eigenvalue weighted by Gasteiger charge is 2.34. The summed E-state index contributed by atoms with van der Waals surface area (Å²) in [5, 5.41) is 13.2. The van der Waals surface area contributed by atoms with Crippen LogP contribution in [0.25, 0.3) is 0 Å². The van der Waals surface area contributed by atoms with Crippen LogP contribution in [0, 0.1) is 0 Å². The number of alkyl halides is 3. The molecular weight excluding hydrogens is 351 g/mol. The van der Waals surface area contributed by atoms with Crippen LogP contribution in [0.1, 0.15) is 33.3 Å². The molecular formula is C14H19BrF3NO2. The fraction of sp³-hybridized carbons (Fsp3) is 0.571. The normalized spacial score (nSPS) is 13.4. The standard InChI is InChI=1S/C14H19BrF3NO2/c1-12(2,13(3,4)20)19-8-9-5-6-11(10(15)7-9)21-14(16,17)18/h5-7,19-20H,8H2,1-4H3. The Morgan fingerprint density at radius 2 is 1.76 bits per heavy atom. The molecule has 0 atom stereocenters. The van der Waals surface area contributed by atoms with E-state index >= 15 is 0 Å². The second-order valence-corrected chi connectivity index (χ2v) is 6.70. The minimum Gasteiger partial charge on any atom is -0.405 e. The van der Waals surface area contributed by atoms with Crippen molar-refractivity contribution in [3.63, 3.8) is 0 Å². The lowest BCUT2D eigenvalue weighted by Gasteiger charge is -2.38. The summed E-state index contributed by atoms with van der Waals surface area (Å²) in [6.07, 6.45) is -4.72. The van der Waals surface area contributed by atoms with Crippen molar-refractivity contribution in [3.8, 4) is 5.75 Å². The molecule has 0 aliphatic carbocycles. The van der Waals surface area contributed by atoms with Crippen LogP contribution in [-0.4, -0.2) is 22.6 Å². The molecule has 0 aliphatic heterocycles. The van der Waals surface area contributed by atoms with Crippen molar-refractivity contribution in [2.24, 2.45) is 0 Å². The first-order valence-electron chi connectivity index (χ1n) is 6.33. The number of hydrogen-bond acceptors (Lipinski definition) is 3. The third kappa shape index (κ3) is 5.48. The molecule has 1 aromatic rings. The van der Waals surface area contributed by atoms with Gasteiger partial charge in [0.2, 0.25) is 0 Å². The molecule has 0 bridgehead atoms. The van der Waals surface area contributed by atoms with E-state index in [1.54, 1.807) is 26.0 Å². The Kier molecular flexibility index (Phi) is 5.34. The first-order valence-corrected chi connectivity index (χ1v) is 7.13. The summed E-state index contributed by atoms with van der Waals surface area (Å²) in [6.45, 7) is 7.49. The van der Waals surface area contributed by atoms with Gasteiger partial charge in [-0.2, -0.15) is 0 Å². The Balaban J connectivity index is 2.77. The molecule has 1 rings (SSSR count). The Morgan fingerprint density at radius 3 is 2.19 bits per heavy atom. The second-order valence-electron chi connectivity index (χ2n) is 5.85. The van der Waals surface area contributed by atoms with Crippen molar-refractivity contribution in [1.82, 2.24) is 5.32 Å². The average molecular weight is 370 g/mol. The zero-order valence-electron chi connectivity index (χ0n) is 12.3. The van der Waals surface area contributed by atoms with Crippen LogP contribution < -0.4 is 10.1 Å². The Labute approximate surface area is 130 Å². The highest BCUT2D eigenvalue weighted by molar-refractivity contribution is 9.10. The van der Waals surface area contributed by atoms with Crippen LogP contribution >= 0.6 is 15.9 Å². The van der Waals surface area contributed by atoms with Gasteiger partial charge >= 0.3 is 6.36 Å². The third-order valence-corrected chi connectivity index (χ3v) is 4.11. The lowest BCUT2D eigenvalue weighted by molar-refractivity contribution is -0.274. The number of nitrogens with one attached hydrogen (secondary N) is 1. The summed E-state index contributed by atoms with van der Waals surface area (Å²) in [5.41, 5.74) is -0.724. The van der Waals surface area contributed by atoms with Crippen molar-refractivity contribution in [2.75, 3.05) is 0 Å². The average Bonchev–Trinajstić information content (AvgIpc) is 2.26. The molecule has 0 amide bonds. The van der Waals surface area contributed by atoms with Gasteiger partial charge in [-0.15, -0.1) is 13.2 Å². The van der Waals surface area contributed by atoms with Gasteiger partial charge < -0.3 is 15.2 Å². The van der Waals surface area contributed by atoms with Crippen LogP contribution in [0.2, 0.25) is 0 Å². The Hall–Kier alpha value is -0.790. The molecule has 21 heavy (non-hydrogen) atoms. The second kappa shape index (κ2) is 6.14. The predicted molar refractivity (Wildman–Crippen MR) is 78.0 cm³/mol. The summed E-state index contributed by atoms with van der Waals surface area (Å²) < 4.78 is 40.6. The number of aliphatic hydroxyl groups is 1. The fourth-order valence-corrected chi connectivity index (χ4v) is 1.91. The minimum absolute atomic E-state index is 0.222. The lowest BCUT2D eigenvalue weighted by Crippen LogP contribution is -2.55. The summed E-state index contributed by atoms with van der Waals surface area (Å²) in [4.78, 5) is 0. The number of halogens is 4. The van der Waals surface area contributed by atoms with Crippen molar-refractivity contribution < 1.29 is 23.0 Å². The molecule has 120 valence electrons. The molecule has 0 saturated heterocycles. The van der Waals surface area contributed by atoms with E-state index in [0.29, 0.717) is 6.54 Å². The van der Waals surface area contributed by atoms with Gasteiger partial charge in [0, 0.05) is 12.1 Å². The molecule has 7 heteroatoms.